The van der Waals surface area contributed by atoms with E-state index < -0.39 is 0 Å². The van der Waals surface area contributed by atoms with Crippen LogP contribution in [0.25, 0.3) is 0 Å². The molecule has 26 heavy (non-hydrogen) atoms. The fourth-order valence-corrected chi connectivity index (χ4v) is 2.29. The van der Waals surface area contributed by atoms with Crippen LogP contribution in [0.5, 0.6) is 5.88 Å². The van der Waals surface area contributed by atoms with E-state index in [0.717, 1.165) is 0 Å². The minimum Gasteiger partial charge on any atom is -0.479 e. The second-order valence-electron chi connectivity index (χ2n) is 5.53. The summed E-state index contributed by atoms with van der Waals surface area (Å²) in [5.74, 6) is 0.497. The minimum absolute atomic E-state index is 0.240. The summed E-state index contributed by atoms with van der Waals surface area (Å²) in [6.07, 6.45) is 1.57. The summed E-state index contributed by atoms with van der Waals surface area (Å²) in [6.45, 7) is 1.73. The second kappa shape index (κ2) is 7.09. The Morgan fingerprint density at radius 1 is 1.15 bits per heavy atom. The van der Waals surface area contributed by atoms with Gasteiger partial charge in [0.15, 0.2) is 5.82 Å². The van der Waals surface area contributed by atoms with E-state index in [4.69, 9.17) is 9.26 Å². The first-order valence-corrected chi connectivity index (χ1v) is 7.70. The summed E-state index contributed by atoms with van der Waals surface area (Å²) in [7, 11) is 3.14. The maximum atomic E-state index is 12.3. The van der Waals surface area contributed by atoms with E-state index in [2.05, 4.69) is 20.9 Å². The van der Waals surface area contributed by atoms with E-state index >= 15 is 0 Å². The van der Waals surface area contributed by atoms with Gasteiger partial charge >= 0.3 is 0 Å². The first-order valence-electron chi connectivity index (χ1n) is 7.70. The van der Waals surface area contributed by atoms with Gasteiger partial charge in [0.25, 0.3) is 11.8 Å². The summed E-state index contributed by atoms with van der Waals surface area (Å²) in [5, 5.41) is 13.1. The van der Waals surface area contributed by atoms with Crippen molar-refractivity contribution in [2.75, 3.05) is 17.7 Å². The number of amides is 2. The van der Waals surface area contributed by atoms with E-state index in [1.54, 1.807) is 50.5 Å². The molecule has 0 spiro atoms. The van der Waals surface area contributed by atoms with Gasteiger partial charge in [-0.25, -0.2) is 0 Å². The van der Waals surface area contributed by atoms with E-state index in [0.29, 0.717) is 28.4 Å². The molecule has 0 saturated heterocycles. The average Bonchev–Trinajstić information content (AvgIpc) is 3.20. The summed E-state index contributed by atoms with van der Waals surface area (Å²) >= 11 is 0. The molecule has 0 aliphatic rings. The zero-order valence-corrected chi connectivity index (χ0v) is 14.4. The Morgan fingerprint density at radius 2 is 1.88 bits per heavy atom. The molecule has 9 nitrogen and oxygen atoms in total. The minimum atomic E-state index is -0.356. The topological polar surface area (TPSA) is 111 Å². The molecule has 2 aromatic heterocycles. The first-order chi connectivity index (χ1) is 12.5. The number of aryl methyl sites for hydroxylation is 2. The quantitative estimate of drug-likeness (QED) is 0.726. The molecule has 0 unspecified atom stereocenters. The highest BCUT2D eigenvalue weighted by atomic mass is 16.5. The molecule has 0 bridgehead atoms. The molecule has 2 N–H and O–H groups in total. The van der Waals surface area contributed by atoms with Crippen LogP contribution >= 0.6 is 0 Å². The van der Waals surface area contributed by atoms with Crippen LogP contribution < -0.4 is 15.4 Å². The Balaban J connectivity index is 1.67. The molecule has 3 rings (SSSR count). The molecule has 2 heterocycles. The molecule has 9 heteroatoms. The number of carbonyl (C=O) groups excluding carboxylic acids is 2. The maximum absolute atomic E-state index is 12.3. The van der Waals surface area contributed by atoms with Crippen molar-refractivity contribution in [2.45, 2.75) is 6.92 Å². The molecule has 134 valence electrons. The Hall–Kier alpha value is -3.62. The van der Waals surface area contributed by atoms with Gasteiger partial charge in [0.1, 0.15) is 11.3 Å². The van der Waals surface area contributed by atoms with E-state index in [-0.39, 0.29) is 17.7 Å². The van der Waals surface area contributed by atoms with Gasteiger partial charge in [-0.15, -0.1) is 5.10 Å². The Labute approximate surface area is 148 Å². The van der Waals surface area contributed by atoms with Crippen molar-refractivity contribution in [3.63, 3.8) is 0 Å². The van der Waals surface area contributed by atoms with Gasteiger partial charge in [-0.2, -0.15) is 0 Å². The van der Waals surface area contributed by atoms with Gasteiger partial charge in [0.05, 0.1) is 7.11 Å². The molecule has 0 atom stereocenters. The normalized spacial score (nSPS) is 10.4. The lowest BCUT2D eigenvalue weighted by molar-refractivity contribution is 0.101. The van der Waals surface area contributed by atoms with Crippen LogP contribution in [0.2, 0.25) is 0 Å². The highest BCUT2D eigenvalue weighted by molar-refractivity contribution is 6.07. The van der Waals surface area contributed by atoms with Crippen molar-refractivity contribution in [3.8, 4) is 5.88 Å². The molecule has 3 aromatic rings. The zero-order chi connectivity index (χ0) is 18.7. The monoisotopic (exact) mass is 355 g/mol. The van der Waals surface area contributed by atoms with Crippen molar-refractivity contribution < 1.29 is 18.8 Å². The van der Waals surface area contributed by atoms with E-state index in [1.807, 2.05) is 0 Å². The molecule has 0 fully saturated rings. The highest BCUT2D eigenvalue weighted by Gasteiger charge is 2.16. The number of hydrogen-bond acceptors (Lipinski definition) is 6. The summed E-state index contributed by atoms with van der Waals surface area (Å²) < 4.78 is 11.5. The Kier molecular flexibility index (Phi) is 4.70. The van der Waals surface area contributed by atoms with Crippen LogP contribution in [0, 0.1) is 6.92 Å². The number of methoxy groups -OCH3 is 1. The van der Waals surface area contributed by atoms with Gasteiger partial charge in [0, 0.05) is 30.6 Å². The molecule has 1 aromatic carbocycles. The largest absolute Gasteiger partial charge is 0.479 e. The van der Waals surface area contributed by atoms with Crippen LogP contribution in [0.4, 0.5) is 11.5 Å². The lowest BCUT2D eigenvalue weighted by Gasteiger charge is -2.06. The highest BCUT2D eigenvalue weighted by Crippen LogP contribution is 2.18. The molecule has 0 aliphatic heterocycles. The first kappa shape index (κ1) is 17.2. The molecule has 0 aliphatic carbocycles. The summed E-state index contributed by atoms with van der Waals surface area (Å²) in [6, 6.07) is 8.07. The lowest BCUT2D eigenvalue weighted by atomic mass is 10.2. The third-order valence-electron chi connectivity index (χ3n) is 3.51. The molecule has 0 radical (unpaired) electrons. The average molecular weight is 355 g/mol. The predicted molar refractivity (Wildman–Crippen MR) is 93.3 cm³/mol. The zero-order valence-electron chi connectivity index (χ0n) is 14.4. The second-order valence-corrected chi connectivity index (χ2v) is 5.53. The summed E-state index contributed by atoms with van der Waals surface area (Å²) in [5.41, 5.74) is 1.27. The van der Waals surface area contributed by atoms with Crippen molar-refractivity contribution in [3.05, 3.63) is 53.4 Å². The van der Waals surface area contributed by atoms with Crippen molar-refractivity contribution >= 4 is 23.3 Å². The number of rotatable bonds is 5. The smallest absolute Gasteiger partial charge is 0.262 e. The molecule has 2 amide bonds. The number of aromatic nitrogens is 3. The standard InChI is InChI=1S/C17H17N5O4/c1-10-8-14(21-26-10)19-15(23)11-4-6-12(7-5-11)18-16(24)13-9-22(2)20-17(13)25-3/h4-9H,1-3H3,(H,18,24)(H,19,21,23). The number of benzene rings is 1. The van der Waals surface area contributed by atoms with Gasteiger partial charge < -0.3 is 19.9 Å². The SMILES string of the molecule is COc1nn(C)cc1C(=O)Nc1ccc(C(=O)Nc2cc(C)on2)cc1. The van der Waals surface area contributed by atoms with Gasteiger partial charge in [-0.05, 0) is 31.2 Å². The number of hydrogen-bond donors (Lipinski definition) is 2. The Bertz CT molecular complexity index is 942. The number of anilines is 2. The van der Waals surface area contributed by atoms with Gasteiger partial charge in [-0.1, -0.05) is 5.16 Å². The molecule has 0 saturated carbocycles. The summed E-state index contributed by atoms with van der Waals surface area (Å²) in [4.78, 5) is 24.5. The van der Waals surface area contributed by atoms with Crippen molar-refractivity contribution in [1.82, 2.24) is 14.9 Å². The van der Waals surface area contributed by atoms with E-state index in [9.17, 15) is 9.59 Å². The molecular weight excluding hydrogens is 338 g/mol. The fourth-order valence-electron chi connectivity index (χ4n) is 2.29. The number of carbonyl (C=O) groups is 2. The van der Waals surface area contributed by atoms with Crippen LogP contribution in [0.15, 0.2) is 41.1 Å². The number of nitrogens with zero attached hydrogens (tertiary/aromatic N) is 3. The van der Waals surface area contributed by atoms with Crippen LogP contribution in [0.3, 0.4) is 0 Å². The van der Waals surface area contributed by atoms with Crippen molar-refractivity contribution in [2.24, 2.45) is 7.05 Å². The van der Waals surface area contributed by atoms with Crippen LogP contribution in [-0.4, -0.2) is 33.9 Å². The van der Waals surface area contributed by atoms with Crippen LogP contribution in [0.1, 0.15) is 26.5 Å². The Morgan fingerprint density at radius 3 is 2.50 bits per heavy atom. The predicted octanol–water partition coefficient (Wildman–Crippen LogP) is 2.23. The van der Waals surface area contributed by atoms with Gasteiger partial charge in [0.2, 0.25) is 5.88 Å². The third-order valence-corrected chi connectivity index (χ3v) is 3.51. The van der Waals surface area contributed by atoms with Crippen LogP contribution in [-0.2, 0) is 7.05 Å². The fraction of sp³-hybridized carbons (Fsp3) is 0.176. The third kappa shape index (κ3) is 3.72. The number of ether oxygens (including phenoxy) is 1. The van der Waals surface area contributed by atoms with Crippen molar-refractivity contribution in [1.29, 1.82) is 0 Å². The van der Waals surface area contributed by atoms with Gasteiger partial charge in [-0.3, -0.25) is 14.3 Å². The lowest BCUT2D eigenvalue weighted by Crippen LogP contribution is -2.14. The molecular formula is C17H17N5O4. The maximum Gasteiger partial charge on any atom is 0.262 e. The number of nitrogens with one attached hydrogen (secondary N) is 2. The van der Waals surface area contributed by atoms with E-state index in [1.165, 1.54) is 11.8 Å².